The maximum absolute atomic E-state index is 10.3. The number of β-amino-alcohol motifs (C(OH)–C–C–N with tert-alkyl or cyclic N) is 1. The third-order valence-electron chi connectivity index (χ3n) is 5.21. The zero-order valence-corrected chi connectivity index (χ0v) is 16.8. The van der Waals surface area contributed by atoms with Gasteiger partial charge in [0, 0.05) is 39.3 Å². The molecule has 5 nitrogen and oxygen atoms in total. The highest BCUT2D eigenvalue weighted by Crippen LogP contribution is 2.13. The monoisotopic (exact) mass is 384 g/mol. The molecule has 0 aliphatic carbocycles. The molecule has 1 aliphatic rings. The number of rotatable bonds is 10. The van der Waals surface area contributed by atoms with Crippen LogP contribution in [0.25, 0.3) is 0 Å². The molecule has 0 aromatic heterocycles. The molecule has 1 aliphatic heterocycles. The number of nitrogens with zero attached hydrogens (tertiary/aromatic N) is 2. The molecule has 0 saturated carbocycles. The lowest BCUT2D eigenvalue weighted by molar-refractivity contribution is 0.00148. The average molecular weight is 385 g/mol. The van der Waals surface area contributed by atoms with Crippen molar-refractivity contribution >= 4 is 0 Å². The van der Waals surface area contributed by atoms with Crippen LogP contribution in [0.15, 0.2) is 54.6 Å². The van der Waals surface area contributed by atoms with Gasteiger partial charge in [-0.15, -0.1) is 0 Å². The molecular weight excluding hydrogens is 352 g/mol. The van der Waals surface area contributed by atoms with Gasteiger partial charge in [0.25, 0.3) is 0 Å². The second kappa shape index (κ2) is 11.2. The number of methoxy groups -OCH3 is 1. The largest absolute Gasteiger partial charge is 0.497 e. The summed E-state index contributed by atoms with van der Waals surface area (Å²) in [5.74, 6) is 0.826. The third-order valence-corrected chi connectivity index (χ3v) is 5.21. The van der Waals surface area contributed by atoms with Crippen molar-refractivity contribution in [3.8, 4) is 5.75 Å². The van der Waals surface area contributed by atoms with Gasteiger partial charge in [-0.25, -0.2) is 0 Å². The highest BCUT2D eigenvalue weighted by atomic mass is 16.5. The first-order chi connectivity index (χ1) is 13.7. The summed E-state index contributed by atoms with van der Waals surface area (Å²) in [5.41, 5.74) is 2.45. The Hall–Kier alpha value is -1.92. The second-order valence-corrected chi connectivity index (χ2v) is 7.40. The van der Waals surface area contributed by atoms with Gasteiger partial charge in [-0.2, -0.15) is 0 Å². The lowest BCUT2D eigenvalue weighted by Gasteiger charge is -2.35. The molecule has 1 saturated heterocycles. The van der Waals surface area contributed by atoms with E-state index in [0.29, 0.717) is 19.8 Å². The van der Waals surface area contributed by atoms with Crippen LogP contribution in [-0.2, 0) is 17.8 Å². The summed E-state index contributed by atoms with van der Waals surface area (Å²) in [6, 6.07) is 18.5. The Morgan fingerprint density at radius 1 is 0.929 bits per heavy atom. The van der Waals surface area contributed by atoms with Gasteiger partial charge in [0.15, 0.2) is 0 Å². The van der Waals surface area contributed by atoms with E-state index in [9.17, 15) is 5.11 Å². The minimum absolute atomic E-state index is 0.353. The summed E-state index contributed by atoms with van der Waals surface area (Å²) >= 11 is 0. The fourth-order valence-electron chi connectivity index (χ4n) is 3.55. The molecule has 1 N–H and O–H groups in total. The first-order valence-corrected chi connectivity index (χ1v) is 10.1. The van der Waals surface area contributed by atoms with E-state index in [1.54, 1.807) is 7.11 Å². The van der Waals surface area contributed by atoms with Gasteiger partial charge in [-0.3, -0.25) is 4.90 Å². The molecule has 152 valence electrons. The maximum Gasteiger partial charge on any atom is 0.119 e. The van der Waals surface area contributed by atoms with Gasteiger partial charge in [-0.1, -0.05) is 42.5 Å². The molecule has 2 aromatic carbocycles. The van der Waals surface area contributed by atoms with Crippen LogP contribution < -0.4 is 4.74 Å². The Morgan fingerprint density at radius 2 is 1.64 bits per heavy atom. The van der Waals surface area contributed by atoms with Crippen LogP contribution in [0, 0.1) is 0 Å². The third kappa shape index (κ3) is 6.91. The zero-order chi connectivity index (χ0) is 19.6. The van der Waals surface area contributed by atoms with Crippen molar-refractivity contribution in [2.75, 3.05) is 53.0 Å². The van der Waals surface area contributed by atoms with Gasteiger partial charge in [0.1, 0.15) is 5.75 Å². The van der Waals surface area contributed by atoms with Crippen LogP contribution in [0.2, 0.25) is 0 Å². The molecule has 0 spiro atoms. The Kier molecular flexibility index (Phi) is 8.30. The predicted octanol–water partition coefficient (Wildman–Crippen LogP) is 2.43. The fourth-order valence-corrected chi connectivity index (χ4v) is 3.55. The molecule has 0 amide bonds. The maximum atomic E-state index is 10.3. The van der Waals surface area contributed by atoms with Crippen LogP contribution in [0.5, 0.6) is 5.75 Å². The van der Waals surface area contributed by atoms with Crippen molar-refractivity contribution in [3.05, 3.63) is 65.7 Å². The van der Waals surface area contributed by atoms with Crippen molar-refractivity contribution in [1.29, 1.82) is 0 Å². The molecule has 0 radical (unpaired) electrons. The Labute approximate surface area is 168 Å². The summed E-state index contributed by atoms with van der Waals surface area (Å²) in [7, 11) is 1.66. The van der Waals surface area contributed by atoms with Crippen LogP contribution in [0.1, 0.15) is 11.1 Å². The van der Waals surface area contributed by atoms with Crippen molar-refractivity contribution in [3.63, 3.8) is 0 Å². The summed E-state index contributed by atoms with van der Waals surface area (Å²) in [4.78, 5) is 4.84. The first-order valence-electron chi connectivity index (χ1n) is 10.1. The Morgan fingerprint density at radius 3 is 2.39 bits per heavy atom. The van der Waals surface area contributed by atoms with Crippen LogP contribution >= 0.6 is 0 Å². The molecule has 1 atom stereocenters. The molecule has 5 heteroatoms. The molecule has 1 heterocycles. The lowest BCUT2D eigenvalue weighted by atomic mass is 10.1. The topological polar surface area (TPSA) is 45.2 Å². The predicted molar refractivity (Wildman–Crippen MR) is 112 cm³/mol. The number of hydrogen-bond acceptors (Lipinski definition) is 5. The Balaban J connectivity index is 1.29. The average Bonchev–Trinajstić information content (AvgIpc) is 2.74. The van der Waals surface area contributed by atoms with Crippen molar-refractivity contribution in [2.45, 2.75) is 19.1 Å². The van der Waals surface area contributed by atoms with Gasteiger partial charge in [0.05, 0.1) is 26.4 Å². The van der Waals surface area contributed by atoms with Gasteiger partial charge in [0.2, 0.25) is 0 Å². The van der Waals surface area contributed by atoms with Crippen LogP contribution in [0.4, 0.5) is 0 Å². The lowest BCUT2D eigenvalue weighted by Crippen LogP contribution is -2.49. The van der Waals surface area contributed by atoms with Crippen molar-refractivity contribution in [1.82, 2.24) is 9.80 Å². The van der Waals surface area contributed by atoms with E-state index in [1.165, 1.54) is 5.56 Å². The number of aliphatic hydroxyl groups is 1. The van der Waals surface area contributed by atoms with Crippen LogP contribution in [-0.4, -0.2) is 74.0 Å². The first kappa shape index (κ1) is 20.8. The molecule has 3 rings (SSSR count). The fraction of sp³-hybridized carbons (Fsp3) is 0.478. The summed E-state index contributed by atoms with van der Waals surface area (Å²) < 4.78 is 10.9. The molecule has 0 bridgehead atoms. The van der Waals surface area contributed by atoms with Gasteiger partial charge in [-0.05, 0) is 29.7 Å². The van der Waals surface area contributed by atoms with E-state index < -0.39 is 6.10 Å². The van der Waals surface area contributed by atoms with E-state index in [4.69, 9.17) is 9.47 Å². The molecule has 1 fully saturated rings. The highest BCUT2D eigenvalue weighted by molar-refractivity contribution is 5.27. The number of ether oxygens (including phenoxy) is 2. The minimum atomic E-state index is -0.457. The zero-order valence-electron chi connectivity index (χ0n) is 16.8. The second-order valence-electron chi connectivity index (χ2n) is 7.40. The molecule has 2 aromatic rings. The van der Waals surface area contributed by atoms with Crippen LogP contribution in [0.3, 0.4) is 0 Å². The Bertz CT molecular complexity index is 687. The van der Waals surface area contributed by atoms with E-state index in [-0.39, 0.29) is 0 Å². The summed E-state index contributed by atoms with van der Waals surface area (Å²) in [6.07, 6.45) is 0.642. The van der Waals surface area contributed by atoms with E-state index >= 15 is 0 Å². The SMILES string of the molecule is COc1cccc(COCC(O)CN2CCN(CCc3ccccc3)CC2)c1. The van der Waals surface area contributed by atoms with E-state index in [1.807, 2.05) is 24.3 Å². The summed E-state index contributed by atoms with van der Waals surface area (Å²) in [5, 5.41) is 10.3. The van der Waals surface area contributed by atoms with Crippen molar-refractivity contribution < 1.29 is 14.6 Å². The number of aliphatic hydroxyl groups excluding tert-OH is 1. The summed E-state index contributed by atoms with van der Waals surface area (Å²) in [6.45, 7) is 6.74. The van der Waals surface area contributed by atoms with Crippen molar-refractivity contribution in [2.24, 2.45) is 0 Å². The highest BCUT2D eigenvalue weighted by Gasteiger charge is 2.19. The quantitative estimate of drug-likeness (QED) is 0.682. The van der Waals surface area contributed by atoms with E-state index in [2.05, 4.69) is 40.1 Å². The molecular formula is C23H32N2O3. The number of hydrogen-bond donors (Lipinski definition) is 1. The van der Waals surface area contributed by atoms with Gasteiger partial charge < -0.3 is 19.5 Å². The minimum Gasteiger partial charge on any atom is -0.497 e. The molecule has 28 heavy (non-hydrogen) atoms. The standard InChI is InChI=1S/C23H32N2O3/c1-27-23-9-5-8-21(16-23)18-28-19-22(26)17-25-14-12-24(13-15-25)11-10-20-6-3-2-4-7-20/h2-9,16,22,26H,10-15,17-19H2,1H3. The number of benzene rings is 2. The normalized spacial score (nSPS) is 16.8. The van der Waals surface area contributed by atoms with E-state index in [0.717, 1.165) is 50.5 Å². The van der Waals surface area contributed by atoms with Gasteiger partial charge >= 0.3 is 0 Å². The molecule has 1 unspecified atom stereocenters. The number of piperazine rings is 1. The smallest absolute Gasteiger partial charge is 0.119 e.